The van der Waals surface area contributed by atoms with Crippen molar-refractivity contribution in [3.8, 4) is 0 Å². The van der Waals surface area contributed by atoms with Crippen LogP contribution in [0.5, 0.6) is 0 Å². The van der Waals surface area contributed by atoms with Crippen LogP contribution in [0, 0.1) is 0 Å². The number of thiophene rings is 1. The summed E-state index contributed by atoms with van der Waals surface area (Å²) in [5.41, 5.74) is 1.58. The Kier molecular flexibility index (Phi) is 4.39. The maximum atomic E-state index is 11.9. The van der Waals surface area contributed by atoms with Gasteiger partial charge in [-0.25, -0.2) is 4.79 Å². The average Bonchev–Trinajstić information content (AvgIpc) is 3.01. The molecule has 1 saturated heterocycles. The van der Waals surface area contributed by atoms with E-state index in [1.54, 1.807) is 4.90 Å². The summed E-state index contributed by atoms with van der Waals surface area (Å²) < 4.78 is 0. The zero-order chi connectivity index (χ0) is 15.4. The predicted molar refractivity (Wildman–Crippen MR) is 89.6 cm³/mol. The molecule has 0 aliphatic carbocycles. The quantitative estimate of drug-likeness (QED) is 0.902. The molecule has 2 aromatic rings. The Morgan fingerprint density at radius 3 is 2.59 bits per heavy atom. The van der Waals surface area contributed by atoms with Crippen LogP contribution >= 0.6 is 11.3 Å². The van der Waals surface area contributed by atoms with E-state index in [0.29, 0.717) is 12.1 Å². The lowest BCUT2D eigenvalue weighted by molar-refractivity contribution is -0.119. The van der Waals surface area contributed by atoms with Crippen molar-refractivity contribution in [3.63, 3.8) is 0 Å². The Hall–Kier alpha value is -2.34. The van der Waals surface area contributed by atoms with Gasteiger partial charge < -0.3 is 10.2 Å². The molecular weight excluding hydrogens is 298 g/mol. The van der Waals surface area contributed by atoms with Crippen molar-refractivity contribution in [2.24, 2.45) is 0 Å². The third-order valence-electron chi connectivity index (χ3n) is 3.52. The van der Waals surface area contributed by atoms with E-state index < -0.39 is 0 Å². The molecule has 5 nitrogen and oxygen atoms in total. The number of urea groups is 1. The number of nitrogens with one attached hydrogen (secondary N) is 2. The molecule has 1 aliphatic heterocycles. The molecule has 1 aromatic heterocycles. The number of benzene rings is 1. The van der Waals surface area contributed by atoms with Crippen LogP contribution in [0.2, 0.25) is 0 Å². The number of nitrogens with zero attached hydrogens (tertiary/aromatic N) is 1. The standard InChI is InChI=1S/C16H17N3O2S/c20-15-5-1-2-10-19(15)13-8-6-12(7-9-13)17-16(21)18-14-4-3-11-22-14/h3-4,6-9,11H,1-2,5,10H2,(H2,17,18,21). The summed E-state index contributed by atoms with van der Waals surface area (Å²) in [6.45, 7) is 0.768. The van der Waals surface area contributed by atoms with E-state index in [4.69, 9.17) is 0 Å². The topological polar surface area (TPSA) is 61.4 Å². The number of hydrogen-bond donors (Lipinski definition) is 2. The van der Waals surface area contributed by atoms with Gasteiger partial charge in [0.05, 0.1) is 5.00 Å². The molecule has 1 aliphatic rings. The van der Waals surface area contributed by atoms with Gasteiger partial charge in [0, 0.05) is 24.3 Å². The molecular formula is C16H17N3O2S. The van der Waals surface area contributed by atoms with Crippen molar-refractivity contribution >= 4 is 39.7 Å². The summed E-state index contributed by atoms with van der Waals surface area (Å²) in [5.74, 6) is 0.169. The molecule has 0 atom stereocenters. The van der Waals surface area contributed by atoms with Crippen molar-refractivity contribution in [3.05, 3.63) is 41.8 Å². The van der Waals surface area contributed by atoms with Crippen LogP contribution in [0.15, 0.2) is 41.8 Å². The number of amides is 3. The zero-order valence-electron chi connectivity index (χ0n) is 12.0. The minimum Gasteiger partial charge on any atom is -0.312 e. The maximum absolute atomic E-state index is 11.9. The van der Waals surface area contributed by atoms with Crippen LogP contribution in [-0.2, 0) is 4.79 Å². The highest BCUT2D eigenvalue weighted by molar-refractivity contribution is 7.14. The Morgan fingerprint density at radius 2 is 1.91 bits per heavy atom. The number of carbonyl (C=O) groups excluding carboxylic acids is 2. The normalized spacial score (nSPS) is 14.7. The summed E-state index contributed by atoms with van der Waals surface area (Å²) in [5, 5.41) is 8.24. The number of carbonyl (C=O) groups is 2. The van der Waals surface area contributed by atoms with E-state index in [0.717, 1.165) is 30.1 Å². The van der Waals surface area contributed by atoms with E-state index in [-0.39, 0.29) is 11.9 Å². The van der Waals surface area contributed by atoms with Crippen molar-refractivity contribution in [2.45, 2.75) is 19.3 Å². The first kappa shape index (κ1) is 14.6. The van der Waals surface area contributed by atoms with Crippen LogP contribution < -0.4 is 15.5 Å². The van der Waals surface area contributed by atoms with Crippen molar-refractivity contribution < 1.29 is 9.59 Å². The molecule has 114 valence electrons. The predicted octanol–water partition coefficient (Wildman–Crippen LogP) is 3.91. The molecule has 6 heteroatoms. The van der Waals surface area contributed by atoms with Crippen LogP contribution in [-0.4, -0.2) is 18.5 Å². The molecule has 0 unspecified atom stereocenters. The second-order valence-electron chi connectivity index (χ2n) is 5.11. The van der Waals surface area contributed by atoms with Gasteiger partial charge in [0.2, 0.25) is 5.91 Å². The molecule has 0 radical (unpaired) electrons. The third-order valence-corrected chi connectivity index (χ3v) is 4.30. The molecule has 22 heavy (non-hydrogen) atoms. The molecule has 0 bridgehead atoms. The smallest absolute Gasteiger partial charge is 0.312 e. The zero-order valence-corrected chi connectivity index (χ0v) is 12.9. The van der Waals surface area contributed by atoms with Crippen LogP contribution in [0.25, 0.3) is 0 Å². The fourth-order valence-electron chi connectivity index (χ4n) is 2.43. The molecule has 3 amide bonds. The van der Waals surface area contributed by atoms with Gasteiger partial charge in [0.15, 0.2) is 0 Å². The van der Waals surface area contributed by atoms with Crippen molar-refractivity contribution in [1.29, 1.82) is 0 Å². The molecule has 2 N–H and O–H groups in total. The average molecular weight is 315 g/mol. The summed E-state index contributed by atoms with van der Waals surface area (Å²) in [7, 11) is 0. The van der Waals surface area contributed by atoms with Gasteiger partial charge in [-0.2, -0.15) is 0 Å². The first-order valence-electron chi connectivity index (χ1n) is 7.24. The molecule has 1 aromatic carbocycles. The Morgan fingerprint density at radius 1 is 1.09 bits per heavy atom. The largest absolute Gasteiger partial charge is 0.324 e. The van der Waals surface area contributed by atoms with E-state index >= 15 is 0 Å². The van der Waals surface area contributed by atoms with E-state index in [9.17, 15) is 9.59 Å². The van der Waals surface area contributed by atoms with E-state index in [1.807, 2.05) is 41.8 Å². The minimum absolute atomic E-state index is 0.169. The van der Waals surface area contributed by atoms with Gasteiger partial charge in [-0.1, -0.05) is 0 Å². The lowest BCUT2D eigenvalue weighted by Gasteiger charge is -2.26. The molecule has 3 rings (SSSR count). The highest BCUT2D eigenvalue weighted by atomic mass is 32.1. The second kappa shape index (κ2) is 6.62. The van der Waals surface area contributed by atoms with Gasteiger partial charge in [-0.15, -0.1) is 11.3 Å². The number of piperidine rings is 1. The second-order valence-corrected chi connectivity index (χ2v) is 6.05. The number of hydrogen-bond acceptors (Lipinski definition) is 3. The minimum atomic E-state index is -0.274. The molecule has 1 fully saturated rings. The Bertz CT molecular complexity index is 653. The summed E-state index contributed by atoms with van der Waals surface area (Å²) >= 11 is 1.47. The van der Waals surface area contributed by atoms with Gasteiger partial charge >= 0.3 is 6.03 Å². The van der Waals surface area contributed by atoms with E-state index in [2.05, 4.69) is 10.6 Å². The lowest BCUT2D eigenvalue weighted by atomic mass is 10.1. The summed E-state index contributed by atoms with van der Waals surface area (Å²) in [6, 6.07) is 10.8. The van der Waals surface area contributed by atoms with Gasteiger partial charge in [-0.3, -0.25) is 10.1 Å². The first-order chi connectivity index (χ1) is 10.7. The van der Waals surface area contributed by atoms with E-state index in [1.165, 1.54) is 11.3 Å². The SMILES string of the molecule is O=C(Nc1ccc(N2CCCCC2=O)cc1)Nc1cccs1. The monoisotopic (exact) mass is 315 g/mol. The van der Waals surface area contributed by atoms with Crippen LogP contribution in [0.3, 0.4) is 0 Å². The summed E-state index contributed by atoms with van der Waals surface area (Å²) in [6.07, 6.45) is 2.62. The fraction of sp³-hybridized carbons (Fsp3) is 0.250. The maximum Gasteiger partial charge on any atom is 0.324 e. The third kappa shape index (κ3) is 3.46. The Balaban J connectivity index is 1.61. The number of anilines is 3. The van der Waals surface area contributed by atoms with Crippen molar-refractivity contribution in [2.75, 3.05) is 22.1 Å². The summed E-state index contributed by atoms with van der Waals surface area (Å²) in [4.78, 5) is 25.5. The molecule has 0 spiro atoms. The molecule has 2 heterocycles. The molecule has 0 saturated carbocycles. The lowest BCUT2D eigenvalue weighted by Crippen LogP contribution is -2.35. The van der Waals surface area contributed by atoms with Crippen LogP contribution in [0.1, 0.15) is 19.3 Å². The highest BCUT2D eigenvalue weighted by Crippen LogP contribution is 2.23. The van der Waals surface area contributed by atoms with Crippen LogP contribution in [0.4, 0.5) is 21.2 Å². The van der Waals surface area contributed by atoms with Crippen molar-refractivity contribution in [1.82, 2.24) is 0 Å². The van der Waals surface area contributed by atoms with Gasteiger partial charge in [0.1, 0.15) is 0 Å². The fourth-order valence-corrected chi connectivity index (χ4v) is 3.04. The highest BCUT2D eigenvalue weighted by Gasteiger charge is 2.19. The van der Waals surface area contributed by atoms with Gasteiger partial charge in [0.25, 0.3) is 0 Å². The Labute approximate surface area is 132 Å². The number of rotatable bonds is 3. The first-order valence-corrected chi connectivity index (χ1v) is 8.12. The van der Waals surface area contributed by atoms with Gasteiger partial charge in [-0.05, 0) is 54.6 Å².